The van der Waals surface area contributed by atoms with E-state index in [2.05, 4.69) is 10.2 Å². The summed E-state index contributed by atoms with van der Waals surface area (Å²) in [7, 11) is 1.95. The summed E-state index contributed by atoms with van der Waals surface area (Å²) in [6.07, 6.45) is 1.69. The van der Waals surface area contributed by atoms with Crippen molar-refractivity contribution in [2.24, 2.45) is 0 Å². The van der Waals surface area contributed by atoms with E-state index in [1.165, 1.54) is 0 Å². The zero-order valence-corrected chi connectivity index (χ0v) is 9.34. The van der Waals surface area contributed by atoms with E-state index in [9.17, 15) is 0 Å². The number of aromatic nitrogens is 2. The van der Waals surface area contributed by atoms with E-state index in [4.69, 9.17) is 10.2 Å². The molecule has 2 heterocycles. The summed E-state index contributed by atoms with van der Waals surface area (Å²) < 4.78 is 5.24. The first kappa shape index (κ1) is 10.5. The highest BCUT2D eigenvalue weighted by Crippen LogP contribution is 2.15. The smallest absolute Gasteiger partial charge is 0.151 e. The number of nitrogen functional groups attached to an aromatic ring is 1. The van der Waals surface area contributed by atoms with Crippen LogP contribution in [-0.2, 0) is 6.54 Å². The maximum atomic E-state index is 5.48. The zero-order chi connectivity index (χ0) is 11.5. The van der Waals surface area contributed by atoms with Crippen LogP contribution in [0.3, 0.4) is 0 Å². The highest BCUT2D eigenvalue weighted by atomic mass is 16.3. The number of nitrogens with two attached hydrogens (primary N) is 1. The SMILES string of the molecule is Cc1occc1CN(C)c1ccc(N)nn1. The van der Waals surface area contributed by atoms with Gasteiger partial charge in [-0.15, -0.1) is 10.2 Å². The van der Waals surface area contributed by atoms with Crippen LogP contribution in [0.2, 0.25) is 0 Å². The standard InChI is InChI=1S/C11H14N4O/c1-8-9(5-6-16-8)7-15(2)11-4-3-10(12)13-14-11/h3-6H,7H2,1-2H3,(H2,12,13). The largest absolute Gasteiger partial charge is 0.469 e. The molecular weight excluding hydrogens is 204 g/mol. The molecule has 0 radical (unpaired) electrons. The van der Waals surface area contributed by atoms with E-state index in [0.717, 1.165) is 23.7 Å². The minimum absolute atomic E-state index is 0.427. The van der Waals surface area contributed by atoms with Crippen LogP contribution in [0, 0.1) is 6.92 Å². The van der Waals surface area contributed by atoms with Gasteiger partial charge in [0.2, 0.25) is 0 Å². The lowest BCUT2D eigenvalue weighted by atomic mass is 10.2. The molecule has 0 bridgehead atoms. The van der Waals surface area contributed by atoms with E-state index in [1.807, 2.05) is 31.0 Å². The quantitative estimate of drug-likeness (QED) is 0.847. The van der Waals surface area contributed by atoms with Gasteiger partial charge in [-0.05, 0) is 25.1 Å². The summed E-state index contributed by atoms with van der Waals surface area (Å²) in [5, 5.41) is 7.82. The summed E-state index contributed by atoms with van der Waals surface area (Å²) in [4.78, 5) is 1.99. The van der Waals surface area contributed by atoms with Crippen molar-refractivity contribution in [2.45, 2.75) is 13.5 Å². The molecule has 0 atom stereocenters. The van der Waals surface area contributed by atoms with Crippen molar-refractivity contribution in [3.8, 4) is 0 Å². The Morgan fingerprint density at radius 2 is 2.12 bits per heavy atom. The van der Waals surface area contributed by atoms with Crippen LogP contribution in [0.1, 0.15) is 11.3 Å². The van der Waals surface area contributed by atoms with Gasteiger partial charge in [-0.25, -0.2) is 0 Å². The van der Waals surface area contributed by atoms with Crippen LogP contribution in [0.5, 0.6) is 0 Å². The van der Waals surface area contributed by atoms with Crippen LogP contribution in [-0.4, -0.2) is 17.2 Å². The Kier molecular flexibility index (Phi) is 2.76. The van der Waals surface area contributed by atoms with E-state index >= 15 is 0 Å². The number of nitrogens with zero attached hydrogens (tertiary/aromatic N) is 3. The van der Waals surface area contributed by atoms with E-state index in [-0.39, 0.29) is 0 Å². The normalized spacial score (nSPS) is 10.4. The molecule has 0 aliphatic carbocycles. The van der Waals surface area contributed by atoms with Gasteiger partial charge in [-0.2, -0.15) is 0 Å². The van der Waals surface area contributed by atoms with Crippen LogP contribution in [0.25, 0.3) is 0 Å². The maximum Gasteiger partial charge on any atom is 0.151 e. The minimum atomic E-state index is 0.427. The fraction of sp³-hybridized carbons (Fsp3) is 0.273. The number of rotatable bonds is 3. The topological polar surface area (TPSA) is 68.2 Å². The Balaban J connectivity index is 2.11. The molecule has 16 heavy (non-hydrogen) atoms. The van der Waals surface area contributed by atoms with Gasteiger partial charge in [0.25, 0.3) is 0 Å². The Morgan fingerprint density at radius 1 is 1.31 bits per heavy atom. The lowest BCUT2D eigenvalue weighted by molar-refractivity contribution is 0.529. The van der Waals surface area contributed by atoms with Crippen molar-refractivity contribution >= 4 is 11.6 Å². The van der Waals surface area contributed by atoms with E-state index in [1.54, 1.807) is 12.3 Å². The molecule has 2 aromatic heterocycles. The first-order chi connectivity index (χ1) is 7.66. The molecule has 5 heteroatoms. The number of hydrogen-bond acceptors (Lipinski definition) is 5. The van der Waals surface area contributed by atoms with Crippen LogP contribution in [0.4, 0.5) is 11.6 Å². The van der Waals surface area contributed by atoms with Crippen molar-refractivity contribution in [2.75, 3.05) is 17.7 Å². The second-order valence-corrected chi connectivity index (χ2v) is 3.67. The predicted molar refractivity (Wildman–Crippen MR) is 62.0 cm³/mol. The van der Waals surface area contributed by atoms with Gasteiger partial charge < -0.3 is 15.1 Å². The number of hydrogen-bond donors (Lipinski definition) is 1. The predicted octanol–water partition coefficient (Wildman–Crippen LogP) is 1.60. The Morgan fingerprint density at radius 3 is 2.69 bits per heavy atom. The van der Waals surface area contributed by atoms with Gasteiger partial charge in [0.05, 0.1) is 6.26 Å². The third kappa shape index (κ3) is 2.13. The molecular formula is C11H14N4O. The highest BCUT2D eigenvalue weighted by Gasteiger charge is 2.07. The van der Waals surface area contributed by atoms with Crippen LogP contribution >= 0.6 is 0 Å². The average molecular weight is 218 g/mol. The van der Waals surface area contributed by atoms with E-state index < -0.39 is 0 Å². The Bertz CT molecular complexity index is 463. The van der Waals surface area contributed by atoms with Gasteiger partial charge in [-0.3, -0.25) is 0 Å². The molecule has 2 aromatic rings. The second-order valence-electron chi connectivity index (χ2n) is 3.67. The molecule has 0 aliphatic heterocycles. The third-order valence-electron chi connectivity index (χ3n) is 2.44. The van der Waals surface area contributed by atoms with Gasteiger partial charge >= 0.3 is 0 Å². The van der Waals surface area contributed by atoms with Crippen LogP contribution in [0.15, 0.2) is 28.9 Å². The molecule has 0 aromatic carbocycles. The van der Waals surface area contributed by atoms with Crippen molar-refractivity contribution in [3.63, 3.8) is 0 Å². The third-order valence-corrected chi connectivity index (χ3v) is 2.44. The molecule has 0 saturated carbocycles. The molecule has 5 nitrogen and oxygen atoms in total. The maximum absolute atomic E-state index is 5.48. The molecule has 0 saturated heterocycles. The van der Waals surface area contributed by atoms with Crippen molar-refractivity contribution < 1.29 is 4.42 Å². The molecule has 0 fully saturated rings. The molecule has 2 N–H and O–H groups in total. The summed E-state index contributed by atoms with van der Waals surface area (Å²) in [6, 6.07) is 5.54. The molecule has 0 amide bonds. The fourth-order valence-corrected chi connectivity index (χ4v) is 1.45. The number of furan rings is 1. The monoisotopic (exact) mass is 218 g/mol. The molecule has 2 rings (SSSR count). The van der Waals surface area contributed by atoms with Crippen molar-refractivity contribution in [3.05, 3.63) is 35.8 Å². The summed E-state index contributed by atoms with van der Waals surface area (Å²) in [5.41, 5.74) is 6.62. The van der Waals surface area contributed by atoms with Gasteiger partial charge in [-0.1, -0.05) is 0 Å². The van der Waals surface area contributed by atoms with Gasteiger partial charge in [0, 0.05) is 19.2 Å². The Hall–Kier alpha value is -2.04. The molecule has 0 spiro atoms. The fourth-order valence-electron chi connectivity index (χ4n) is 1.45. The van der Waals surface area contributed by atoms with Crippen LogP contribution < -0.4 is 10.6 Å². The summed E-state index contributed by atoms with van der Waals surface area (Å²) >= 11 is 0. The van der Waals surface area contributed by atoms with E-state index in [0.29, 0.717) is 5.82 Å². The second kappa shape index (κ2) is 4.22. The average Bonchev–Trinajstić information content (AvgIpc) is 2.65. The van der Waals surface area contributed by atoms with Crippen molar-refractivity contribution in [1.82, 2.24) is 10.2 Å². The molecule has 0 aliphatic rings. The summed E-state index contributed by atoms with van der Waals surface area (Å²) in [5.74, 6) is 2.14. The first-order valence-electron chi connectivity index (χ1n) is 5.00. The number of aryl methyl sites for hydroxylation is 1. The van der Waals surface area contributed by atoms with Gasteiger partial charge in [0.1, 0.15) is 11.6 Å². The van der Waals surface area contributed by atoms with Gasteiger partial charge in [0.15, 0.2) is 5.82 Å². The lowest BCUT2D eigenvalue weighted by Crippen LogP contribution is -2.18. The lowest BCUT2D eigenvalue weighted by Gasteiger charge is -2.16. The number of anilines is 2. The highest BCUT2D eigenvalue weighted by molar-refractivity contribution is 5.41. The molecule has 0 unspecified atom stereocenters. The summed E-state index contributed by atoms with van der Waals surface area (Å²) in [6.45, 7) is 2.68. The first-order valence-corrected chi connectivity index (χ1v) is 5.00. The van der Waals surface area contributed by atoms with Crippen molar-refractivity contribution in [1.29, 1.82) is 0 Å². The molecule has 84 valence electrons. The zero-order valence-electron chi connectivity index (χ0n) is 9.34. The Labute approximate surface area is 93.9 Å². The minimum Gasteiger partial charge on any atom is -0.469 e.